The van der Waals surface area contributed by atoms with Crippen molar-refractivity contribution in [2.45, 2.75) is 0 Å². The molecule has 0 bridgehead atoms. The fourth-order valence-corrected chi connectivity index (χ4v) is 2.69. The molecule has 68 valence electrons. The number of halogens is 3. The van der Waals surface area contributed by atoms with Gasteiger partial charge in [0.05, 0.1) is 25.3 Å². The number of aromatic amines is 1. The minimum absolute atomic E-state index is 0.193. The highest BCUT2D eigenvalue weighted by atomic mass is 35.5. The molecule has 1 N–H and O–H groups in total. The summed E-state index contributed by atoms with van der Waals surface area (Å²) >= 11 is 18.5. The number of benzene rings is 1. The summed E-state index contributed by atoms with van der Waals surface area (Å²) in [6, 6.07) is 1.51. The Morgan fingerprint density at radius 2 is 1.92 bits per heavy atom. The molecule has 1 heterocycles. The molecule has 0 radical (unpaired) electrons. The molecule has 0 aliphatic heterocycles. The topological polar surface area (TPSA) is 32.9 Å². The third kappa shape index (κ3) is 1.46. The molecule has 0 aliphatic carbocycles. The zero-order chi connectivity index (χ0) is 9.59. The quantitative estimate of drug-likeness (QED) is 0.717. The van der Waals surface area contributed by atoms with Crippen LogP contribution in [0.15, 0.2) is 10.9 Å². The lowest BCUT2D eigenvalue weighted by Crippen LogP contribution is -1.89. The van der Waals surface area contributed by atoms with E-state index in [1.54, 1.807) is 0 Å². The molecule has 0 saturated heterocycles. The van der Waals surface area contributed by atoms with Crippen molar-refractivity contribution in [3.8, 4) is 0 Å². The maximum absolute atomic E-state index is 11.0. The van der Waals surface area contributed by atoms with Crippen LogP contribution in [-0.2, 0) is 0 Å². The molecule has 0 unspecified atom stereocenters. The van der Waals surface area contributed by atoms with E-state index in [2.05, 4.69) is 4.98 Å². The molecule has 6 heteroatoms. The van der Waals surface area contributed by atoms with E-state index >= 15 is 0 Å². The summed E-state index contributed by atoms with van der Waals surface area (Å²) in [6.45, 7) is 0. The van der Waals surface area contributed by atoms with Crippen LogP contribution in [0.2, 0.25) is 15.1 Å². The molecule has 13 heavy (non-hydrogen) atoms. The summed E-state index contributed by atoms with van der Waals surface area (Å²) < 4.78 is 0.601. The van der Waals surface area contributed by atoms with Crippen molar-refractivity contribution in [2.75, 3.05) is 0 Å². The third-order valence-corrected chi connectivity index (χ3v) is 3.65. The van der Waals surface area contributed by atoms with E-state index in [9.17, 15) is 4.79 Å². The molecule has 0 fully saturated rings. The SMILES string of the molecule is O=c1[nH]c2c(Cl)cc(Cl)c(Cl)c2s1. The molecule has 0 aliphatic rings. The van der Waals surface area contributed by atoms with E-state index in [4.69, 9.17) is 34.8 Å². The number of fused-ring (bicyclic) bond motifs is 1. The van der Waals surface area contributed by atoms with Gasteiger partial charge >= 0.3 is 4.87 Å². The van der Waals surface area contributed by atoms with Crippen molar-refractivity contribution in [2.24, 2.45) is 0 Å². The molecular weight excluding hydrogens is 253 g/mol. The summed E-state index contributed by atoms with van der Waals surface area (Å²) in [5.41, 5.74) is 0.547. The second-order valence-corrected chi connectivity index (χ2v) is 4.55. The Morgan fingerprint density at radius 3 is 2.62 bits per heavy atom. The van der Waals surface area contributed by atoms with Crippen molar-refractivity contribution in [3.63, 3.8) is 0 Å². The highest BCUT2D eigenvalue weighted by Gasteiger charge is 2.11. The molecule has 2 aromatic rings. The molecule has 0 amide bonds. The first-order chi connectivity index (χ1) is 6.09. The van der Waals surface area contributed by atoms with Crippen LogP contribution < -0.4 is 4.87 Å². The summed E-state index contributed by atoms with van der Waals surface area (Å²) in [5.74, 6) is 0. The van der Waals surface area contributed by atoms with Gasteiger partial charge in [0.15, 0.2) is 0 Å². The van der Waals surface area contributed by atoms with Gasteiger partial charge in [-0.25, -0.2) is 0 Å². The first-order valence-corrected chi connectivity index (χ1v) is 5.21. The predicted molar refractivity (Wildman–Crippen MR) is 57.5 cm³/mol. The largest absolute Gasteiger partial charge is 0.311 e. The van der Waals surface area contributed by atoms with Crippen molar-refractivity contribution in [1.82, 2.24) is 4.98 Å². The first-order valence-electron chi connectivity index (χ1n) is 3.26. The number of nitrogens with one attached hydrogen (secondary N) is 1. The fraction of sp³-hybridized carbons (Fsp3) is 0. The van der Waals surface area contributed by atoms with Gasteiger partial charge in [-0.2, -0.15) is 0 Å². The lowest BCUT2D eigenvalue weighted by molar-refractivity contribution is 1.41. The van der Waals surface area contributed by atoms with Crippen LogP contribution >= 0.6 is 46.1 Å². The molecule has 0 saturated carbocycles. The molecule has 1 aromatic carbocycles. The normalized spacial score (nSPS) is 11.0. The summed E-state index contributed by atoms with van der Waals surface area (Å²) in [6.07, 6.45) is 0. The van der Waals surface area contributed by atoms with Gasteiger partial charge in [0.25, 0.3) is 0 Å². The van der Waals surface area contributed by atoms with Gasteiger partial charge in [-0.3, -0.25) is 4.79 Å². The molecule has 1 aromatic heterocycles. The average Bonchev–Trinajstić information content (AvgIpc) is 2.44. The second-order valence-electron chi connectivity index (χ2n) is 2.37. The van der Waals surface area contributed by atoms with E-state index < -0.39 is 0 Å². The van der Waals surface area contributed by atoms with Crippen LogP contribution in [0.3, 0.4) is 0 Å². The Labute approximate surface area is 92.0 Å². The van der Waals surface area contributed by atoms with Gasteiger partial charge in [-0.1, -0.05) is 46.1 Å². The van der Waals surface area contributed by atoms with Crippen LogP contribution in [-0.4, -0.2) is 4.98 Å². The van der Waals surface area contributed by atoms with Gasteiger partial charge < -0.3 is 4.98 Å². The lowest BCUT2D eigenvalue weighted by atomic mass is 10.3. The van der Waals surface area contributed by atoms with E-state index in [0.29, 0.717) is 25.3 Å². The Morgan fingerprint density at radius 1 is 1.23 bits per heavy atom. The van der Waals surface area contributed by atoms with E-state index in [-0.39, 0.29) is 4.87 Å². The lowest BCUT2D eigenvalue weighted by Gasteiger charge is -1.97. The van der Waals surface area contributed by atoms with Crippen molar-refractivity contribution in [1.29, 1.82) is 0 Å². The smallest absolute Gasteiger partial charge is 0.305 e. The fourth-order valence-electron chi connectivity index (χ4n) is 1.01. The van der Waals surface area contributed by atoms with Gasteiger partial charge in [0.1, 0.15) is 0 Å². The highest BCUT2D eigenvalue weighted by Crippen LogP contribution is 2.35. The maximum atomic E-state index is 11.0. The highest BCUT2D eigenvalue weighted by molar-refractivity contribution is 7.17. The van der Waals surface area contributed by atoms with Crippen LogP contribution in [0.1, 0.15) is 0 Å². The first kappa shape index (κ1) is 9.34. The Balaban J connectivity index is 3.04. The number of H-pyrrole nitrogens is 1. The minimum Gasteiger partial charge on any atom is -0.311 e. The molecule has 2 rings (SSSR count). The van der Waals surface area contributed by atoms with Crippen molar-refractivity contribution >= 4 is 56.4 Å². The Bertz CT molecular complexity index is 530. The van der Waals surface area contributed by atoms with Crippen LogP contribution in [0.5, 0.6) is 0 Å². The molecule has 0 spiro atoms. The average molecular weight is 255 g/mol. The zero-order valence-corrected chi connectivity index (χ0v) is 9.11. The second kappa shape index (κ2) is 3.17. The van der Waals surface area contributed by atoms with E-state index in [0.717, 1.165) is 11.3 Å². The Kier molecular flexibility index (Phi) is 2.28. The molecular formula is C7H2Cl3NOS. The number of rotatable bonds is 0. The van der Waals surface area contributed by atoms with Crippen LogP contribution in [0.4, 0.5) is 0 Å². The van der Waals surface area contributed by atoms with E-state index in [1.165, 1.54) is 6.07 Å². The Hall–Kier alpha value is -0.220. The van der Waals surface area contributed by atoms with Gasteiger partial charge in [-0.15, -0.1) is 0 Å². The van der Waals surface area contributed by atoms with Crippen molar-refractivity contribution < 1.29 is 0 Å². The monoisotopic (exact) mass is 253 g/mol. The standard InChI is InChI=1S/C7H2Cl3NOS/c8-2-1-3(9)5-6(4(2)10)13-7(12)11-5/h1H,(H,11,12). The van der Waals surface area contributed by atoms with Crippen LogP contribution in [0, 0.1) is 0 Å². The van der Waals surface area contributed by atoms with Crippen molar-refractivity contribution in [3.05, 3.63) is 30.8 Å². The number of hydrogen-bond donors (Lipinski definition) is 1. The number of aromatic nitrogens is 1. The summed E-state index contributed by atoms with van der Waals surface area (Å²) in [7, 11) is 0. The summed E-state index contributed by atoms with van der Waals surface area (Å²) in [4.78, 5) is 13.4. The zero-order valence-electron chi connectivity index (χ0n) is 6.03. The number of hydrogen-bond acceptors (Lipinski definition) is 2. The third-order valence-electron chi connectivity index (χ3n) is 1.55. The predicted octanol–water partition coefficient (Wildman–Crippen LogP) is 3.55. The maximum Gasteiger partial charge on any atom is 0.305 e. The van der Waals surface area contributed by atoms with Gasteiger partial charge in [0.2, 0.25) is 0 Å². The molecule has 0 atom stereocenters. The van der Waals surface area contributed by atoms with Gasteiger partial charge in [-0.05, 0) is 6.07 Å². The van der Waals surface area contributed by atoms with E-state index in [1.807, 2.05) is 0 Å². The molecule has 2 nitrogen and oxygen atoms in total. The summed E-state index contributed by atoms with van der Waals surface area (Å²) in [5, 5.41) is 1.13. The van der Waals surface area contributed by atoms with Crippen LogP contribution in [0.25, 0.3) is 10.2 Å². The number of thiazole rings is 1. The minimum atomic E-state index is -0.193. The van der Waals surface area contributed by atoms with Gasteiger partial charge in [0, 0.05) is 0 Å².